The SMILES string of the molecule is COc1cc(Oc2ncc3ccccc3n2)cc(-n2cnc(C)c2)c1. The molecular weight excluding hydrogens is 316 g/mol. The Kier molecular flexibility index (Phi) is 3.78. The molecule has 0 spiro atoms. The Balaban J connectivity index is 1.71. The third kappa shape index (κ3) is 3.14. The molecule has 124 valence electrons. The molecular formula is C19H16N4O2. The van der Waals surface area contributed by atoms with Crippen LogP contribution in [0.15, 0.2) is 61.2 Å². The van der Waals surface area contributed by atoms with Crippen LogP contribution in [0.1, 0.15) is 5.69 Å². The van der Waals surface area contributed by atoms with Gasteiger partial charge in [0.05, 0.1) is 30.3 Å². The second-order valence-corrected chi connectivity index (χ2v) is 5.60. The molecule has 0 atom stereocenters. The predicted octanol–water partition coefficient (Wildman–Crippen LogP) is 3.92. The maximum Gasteiger partial charge on any atom is 0.322 e. The number of aryl methyl sites for hydroxylation is 1. The van der Waals surface area contributed by atoms with E-state index in [1.54, 1.807) is 25.7 Å². The maximum absolute atomic E-state index is 5.86. The van der Waals surface area contributed by atoms with Gasteiger partial charge in [-0.3, -0.25) is 0 Å². The summed E-state index contributed by atoms with van der Waals surface area (Å²) in [5.74, 6) is 1.27. The first-order valence-electron chi connectivity index (χ1n) is 7.81. The molecule has 2 aromatic heterocycles. The topological polar surface area (TPSA) is 62.1 Å². The Labute approximate surface area is 144 Å². The van der Waals surface area contributed by atoms with E-state index < -0.39 is 0 Å². The molecule has 0 aliphatic heterocycles. The molecule has 6 nitrogen and oxygen atoms in total. The number of nitrogens with zero attached hydrogens (tertiary/aromatic N) is 4. The molecule has 0 amide bonds. The van der Waals surface area contributed by atoms with Gasteiger partial charge in [-0.1, -0.05) is 18.2 Å². The van der Waals surface area contributed by atoms with Crippen molar-refractivity contribution in [2.75, 3.05) is 7.11 Å². The van der Waals surface area contributed by atoms with Crippen LogP contribution >= 0.6 is 0 Å². The number of ether oxygens (including phenoxy) is 2. The zero-order valence-electron chi connectivity index (χ0n) is 13.9. The van der Waals surface area contributed by atoms with Crippen LogP contribution in [0.25, 0.3) is 16.6 Å². The van der Waals surface area contributed by atoms with E-state index in [-0.39, 0.29) is 0 Å². The number of benzene rings is 2. The third-order valence-electron chi connectivity index (χ3n) is 3.79. The summed E-state index contributed by atoms with van der Waals surface area (Å²) in [5, 5.41) is 0.968. The molecule has 25 heavy (non-hydrogen) atoms. The molecule has 4 rings (SSSR count). The van der Waals surface area contributed by atoms with Crippen molar-refractivity contribution in [3.8, 4) is 23.2 Å². The van der Waals surface area contributed by atoms with E-state index in [0.29, 0.717) is 17.5 Å². The molecule has 0 saturated carbocycles. The van der Waals surface area contributed by atoms with Gasteiger partial charge in [-0.05, 0) is 13.0 Å². The molecule has 0 radical (unpaired) electrons. The predicted molar refractivity (Wildman–Crippen MR) is 94.5 cm³/mol. The van der Waals surface area contributed by atoms with Crippen molar-refractivity contribution >= 4 is 10.9 Å². The van der Waals surface area contributed by atoms with E-state index in [2.05, 4.69) is 15.0 Å². The molecule has 0 aliphatic carbocycles. The van der Waals surface area contributed by atoms with Gasteiger partial charge in [-0.25, -0.2) is 9.97 Å². The Morgan fingerprint density at radius 1 is 1.00 bits per heavy atom. The first-order chi connectivity index (χ1) is 12.2. The number of hydrogen-bond donors (Lipinski definition) is 0. The fraction of sp³-hybridized carbons (Fsp3) is 0.105. The molecule has 0 fully saturated rings. The van der Waals surface area contributed by atoms with Gasteiger partial charge in [-0.2, -0.15) is 4.98 Å². The minimum absolute atomic E-state index is 0.291. The van der Waals surface area contributed by atoms with Crippen LogP contribution in [0.2, 0.25) is 0 Å². The second kappa shape index (κ2) is 6.24. The molecule has 2 aromatic carbocycles. The van der Waals surface area contributed by atoms with Crippen molar-refractivity contribution in [3.63, 3.8) is 0 Å². The van der Waals surface area contributed by atoms with Crippen LogP contribution in [0.3, 0.4) is 0 Å². The average molecular weight is 332 g/mol. The lowest BCUT2D eigenvalue weighted by atomic mass is 10.2. The average Bonchev–Trinajstić information content (AvgIpc) is 3.08. The van der Waals surface area contributed by atoms with Gasteiger partial charge in [0.15, 0.2) is 0 Å². The van der Waals surface area contributed by atoms with Crippen LogP contribution in [-0.2, 0) is 0 Å². The molecule has 4 aromatic rings. The highest BCUT2D eigenvalue weighted by atomic mass is 16.5. The summed E-state index contributed by atoms with van der Waals surface area (Å²) in [7, 11) is 1.62. The number of methoxy groups -OCH3 is 1. The highest BCUT2D eigenvalue weighted by molar-refractivity contribution is 5.77. The largest absolute Gasteiger partial charge is 0.497 e. The van der Waals surface area contributed by atoms with E-state index in [1.165, 1.54) is 0 Å². The lowest BCUT2D eigenvalue weighted by Gasteiger charge is -2.10. The number of fused-ring (bicyclic) bond motifs is 1. The van der Waals surface area contributed by atoms with Crippen molar-refractivity contribution in [1.29, 1.82) is 0 Å². The fourth-order valence-corrected chi connectivity index (χ4v) is 2.55. The summed E-state index contributed by atoms with van der Waals surface area (Å²) < 4.78 is 13.1. The normalized spacial score (nSPS) is 10.8. The molecule has 2 heterocycles. The summed E-state index contributed by atoms with van der Waals surface area (Å²) in [6.45, 7) is 1.94. The van der Waals surface area contributed by atoms with Crippen LogP contribution in [0, 0.1) is 6.92 Å². The first kappa shape index (κ1) is 15.1. The van der Waals surface area contributed by atoms with E-state index in [0.717, 1.165) is 22.3 Å². The Bertz CT molecular complexity index is 1040. The summed E-state index contributed by atoms with van der Waals surface area (Å²) >= 11 is 0. The smallest absolute Gasteiger partial charge is 0.322 e. The lowest BCUT2D eigenvalue weighted by Crippen LogP contribution is -1.96. The number of aromatic nitrogens is 4. The summed E-state index contributed by atoms with van der Waals surface area (Å²) in [5.41, 5.74) is 2.65. The van der Waals surface area contributed by atoms with Gasteiger partial charge in [0.1, 0.15) is 11.5 Å². The Hall–Kier alpha value is -3.41. The fourth-order valence-electron chi connectivity index (χ4n) is 2.55. The second-order valence-electron chi connectivity index (χ2n) is 5.60. The van der Waals surface area contributed by atoms with Crippen molar-refractivity contribution in [1.82, 2.24) is 19.5 Å². The number of hydrogen-bond acceptors (Lipinski definition) is 5. The minimum atomic E-state index is 0.291. The lowest BCUT2D eigenvalue weighted by molar-refractivity contribution is 0.404. The zero-order chi connectivity index (χ0) is 17.2. The van der Waals surface area contributed by atoms with Gasteiger partial charge in [-0.15, -0.1) is 0 Å². The quantitative estimate of drug-likeness (QED) is 0.567. The van der Waals surface area contributed by atoms with Crippen LogP contribution in [0.4, 0.5) is 0 Å². The van der Waals surface area contributed by atoms with Crippen molar-refractivity contribution in [2.45, 2.75) is 6.92 Å². The van der Waals surface area contributed by atoms with Crippen molar-refractivity contribution in [3.05, 3.63) is 66.9 Å². The summed E-state index contributed by atoms with van der Waals surface area (Å²) in [6, 6.07) is 13.7. The maximum atomic E-state index is 5.86. The van der Waals surface area contributed by atoms with E-state index in [4.69, 9.17) is 9.47 Å². The molecule has 0 saturated heterocycles. The Morgan fingerprint density at radius 3 is 2.64 bits per heavy atom. The summed E-state index contributed by atoms with van der Waals surface area (Å²) in [4.78, 5) is 13.0. The van der Waals surface area contributed by atoms with Gasteiger partial charge < -0.3 is 14.0 Å². The monoisotopic (exact) mass is 332 g/mol. The van der Waals surface area contributed by atoms with Crippen LogP contribution in [-0.4, -0.2) is 26.6 Å². The standard InChI is InChI=1S/C19H16N4O2/c1-13-11-23(12-21-13)15-7-16(24-2)9-17(8-15)25-19-20-10-14-5-3-4-6-18(14)22-19/h3-12H,1-2H3. The Morgan fingerprint density at radius 2 is 1.84 bits per heavy atom. The van der Waals surface area contributed by atoms with Gasteiger partial charge in [0, 0.05) is 36.0 Å². The van der Waals surface area contributed by atoms with Gasteiger partial charge in [0.2, 0.25) is 0 Å². The van der Waals surface area contributed by atoms with Gasteiger partial charge >= 0.3 is 6.01 Å². The van der Waals surface area contributed by atoms with Crippen molar-refractivity contribution in [2.24, 2.45) is 0 Å². The zero-order valence-corrected chi connectivity index (χ0v) is 13.9. The number of rotatable bonds is 4. The molecule has 0 N–H and O–H groups in total. The first-order valence-corrected chi connectivity index (χ1v) is 7.81. The van der Waals surface area contributed by atoms with E-state index in [9.17, 15) is 0 Å². The van der Waals surface area contributed by atoms with Crippen molar-refractivity contribution < 1.29 is 9.47 Å². The van der Waals surface area contributed by atoms with Crippen LogP contribution < -0.4 is 9.47 Å². The van der Waals surface area contributed by atoms with E-state index in [1.807, 2.05) is 54.1 Å². The molecule has 6 heteroatoms. The molecule has 0 bridgehead atoms. The molecule has 0 aliphatic rings. The third-order valence-corrected chi connectivity index (χ3v) is 3.79. The minimum Gasteiger partial charge on any atom is -0.497 e. The highest BCUT2D eigenvalue weighted by Gasteiger charge is 2.08. The highest BCUT2D eigenvalue weighted by Crippen LogP contribution is 2.28. The van der Waals surface area contributed by atoms with E-state index >= 15 is 0 Å². The van der Waals surface area contributed by atoms with Gasteiger partial charge in [0.25, 0.3) is 0 Å². The number of para-hydroxylation sites is 1. The summed E-state index contributed by atoms with van der Waals surface area (Å²) in [6.07, 6.45) is 5.43. The number of imidazole rings is 1. The molecule has 0 unspecified atom stereocenters. The van der Waals surface area contributed by atoms with Crippen LogP contribution in [0.5, 0.6) is 17.5 Å².